The Balaban J connectivity index is 1.85. The maximum absolute atomic E-state index is 14.0. The molecule has 1 aromatic rings. The number of ether oxygens (including phenoxy) is 2. The van der Waals surface area contributed by atoms with Gasteiger partial charge in [0.2, 0.25) is 5.91 Å². The second-order valence-corrected chi connectivity index (χ2v) is 6.93. The van der Waals surface area contributed by atoms with Gasteiger partial charge in [0, 0.05) is 24.0 Å². The summed E-state index contributed by atoms with van der Waals surface area (Å²) in [6.45, 7) is 4.56. The quantitative estimate of drug-likeness (QED) is 0.895. The lowest BCUT2D eigenvalue weighted by atomic mass is 9.46. The van der Waals surface area contributed by atoms with Gasteiger partial charge in [-0.05, 0) is 25.0 Å². The molecule has 3 N–H and O–H groups in total. The van der Waals surface area contributed by atoms with Gasteiger partial charge in [0.1, 0.15) is 17.1 Å². The van der Waals surface area contributed by atoms with Gasteiger partial charge >= 0.3 is 0 Å². The number of halogens is 1. The predicted molar refractivity (Wildman–Crippen MR) is 84.7 cm³/mol. The largest absolute Gasteiger partial charge is 0.497 e. The topological polar surface area (TPSA) is 73.6 Å². The van der Waals surface area contributed by atoms with Crippen LogP contribution in [0.15, 0.2) is 18.2 Å². The van der Waals surface area contributed by atoms with Gasteiger partial charge in [0.05, 0.1) is 18.9 Å². The number of anilines is 1. The third-order valence-electron chi connectivity index (χ3n) is 5.48. The molecule has 1 aliphatic heterocycles. The zero-order chi connectivity index (χ0) is 16.8. The zero-order valence-corrected chi connectivity index (χ0v) is 13.7. The summed E-state index contributed by atoms with van der Waals surface area (Å²) in [4.78, 5) is 12.8. The van der Waals surface area contributed by atoms with Crippen LogP contribution in [-0.2, 0) is 9.53 Å². The Bertz CT molecular complexity index is 634. The number of carbonyl (C=O) groups excluding carboxylic acids is 1. The summed E-state index contributed by atoms with van der Waals surface area (Å²) in [6.07, 6.45) is 1.71. The molecule has 1 amide bonds. The Morgan fingerprint density at radius 2 is 2.22 bits per heavy atom. The number of methoxy groups -OCH3 is 1. The number of carbonyl (C=O) groups is 1. The normalized spacial score (nSPS) is 31.7. The van der Waals surface area contributed by atoms with E-state index in [1.165, 1.54) is 25.3 Å². The van der Waals surface area contributed by atoms with Gasteiger partial charge in [-0.2, -0.15) is 0 Å². The van der Waals surface area contributed by atoms with Crippen molar-refractivity contribution in [2.75, 3.05) is 19.0 Å². The molecular formula is C17H23FN2O3. The van der Waals surface area contributed by atoms with E-state index in [0.717, 1.165) is 12.8 Å². The molecule has 1 saturated carbocycles. The lowest BCUT2D eigenvalue weighted by molar-refractivity contribution is -0.222. The summed E-state index contributed by atoms with van der Waals surface area (Å²) < 4.78 is 24.8. The first kappa shape index (κ1) is 16.2. The maximum atomic E-state index is 14.0. The van der Waals surface area contributed by atoms with Crippen LogP contribution in [0.1, 0.15) is 26.7 Å². The Kier molecular flexibility index (Phi) is 3.84. The van der Waals surface area contributed by atoms with Gasteiger partial charge in [0.15, 0.2) is 0 Å². The fourth-order valence-electron chi connectivity index (χ4n) is 3.99. The number of nitrogens with one attached hydrogen (secondary N) is 1. The van der Waals surface area contributed by atoms with Crippen LogP contribution < -0.4 is 15.8 Å². The third kappa shape index (κ3) is 2.23. The van der Waals surface area contributed by atoms with Gasteiger partial charge in [-0.25, -0.2) is 4.39 Å². The van der Waals surface area contributed by atoms with Crippen molar-refractivity contribution in [3.05, 3.63) is 24.0 Å². The molecule has 1 aliphatic carbocycles. The highest BCUT2D eigenvalue weighted by Gasteiger charge is 2.70. The Morgan fingerprint density at radius 3 is 2.91 bits per heavy atom. The highest BCUT2D eigenvalue weighted by molar-refractivity contribution is 6.00. The first-order valence-electron chi connectivity index (χ1n) is 7.88. The third-order valence-corrected chi connectivity index (χ3v) is 5.48. The van der Waals surface area contributed by atoms with Gasteiger partial charge in [-0.15, -0.1) is 0 Å². The highest BCUT2D eigenvalue weighted by Crippen LogP contribution is 2.57. The lowest BCUT2D eigenvalue weighted by Crippen LogP contribution is -2.81. The van der Waals surface area contributed by atoms with E-state index in [-0.39, 0.29) is 23.6 Å². The molecule has 2 fully saturated rings. The summed E-state index contributed by atoms with van der Waals surface area (Å²) in [7, 11) is 1.49. The molecule has 1 saturated heterocycles. The molecule has 126 valence electrons. The smallest absolute Gasteiger partial charge is 0.245 e. The van der Waals surface area contributed by atoms with Crippen molar-refractivity contribution in [3.8, 4) is 5.75 Å². The monoisotopic (exact) mass is 322 g/mol. The fourth-order valence-corrected chi connectivity index (χ4v) is 3.99. The molecule has 1 heterocycles. The Labute approximate surface area is 135 Å². The van der Waals surface area contributed by atoms with E-state index in [1.807, 2.05) is 13.8 Å². The van der Waals surface area contributed by atoms with E-state index in [1.54, 1.807) is 0 Å². The van der Waals surface area contributed by atoms with E-state index in [2.05, 4.69) is 5.32 Å². The summed E-state index contributed by atoms with van der Waals surface area (Å²) in [6, 6.07) is 4.22. The van der Waals surface area contributed by atoms with Crippen LogP contribution in [0, 0.1) is 17.2 Å². The van der Waals surface area contributed by atoms with E-state index in [0.29, 0.717) is 12.4 Å². The van der Waals surface area contributed by atoms with Crippen LogP contribution in [0.5, 0.6) is 5.75 Å². The molecule has 3 rings (SSSR count). The second kappa shape index (κ2) is 5.46. The number of fused-ring (bicyclic) bond motifs is 1. The summed E-state index contributed by atoms with van der Waals surface area (Å²) >= 11 is 0. The van der Waals surface area contributed by atoms with Crippen molar-refractivity contribution in [1.82, 2.24) is 0 Å². The number of amides is 1. The van der Waals surface area contributed by atoms with Crippen molar-refractivity contribution in [2.24, 2.45) is 17.1 Å². The van der Waals surface area contributed by atoms with E-state index in [4.69, 9.17) is 15.2 Å². The number of benzene rings is 1. The number of hydrogen-bond donors (Lipinski definition) is 2. The predicted octanol–water partition coefficient (Wildman–Crippen LogP) is 2.31. The van der Waals surface area contributed by atoms with Crippen LogP contribution in [-0.4, -0.2) is 31.3 Å². The molecular weight excluding hydrogens is 299 g/mol. The average Bonchev–Trinajstić information content (AvgIpc) is 2.55. The number of rotatable bonds is 3. The van der Waals surface area contributed by atoms with Crippen LogP contribution in [0.2, 0.25) is 0 Å². The van der Waals surface area contributed by atoms with Gasteiger partial charge in [-0.3, -0.25) is 4.79 Å². The van der Waals surface area contributed by atoms with E-state index < -0.39 is 16.8 Å². The van der Waals surface area contributed by atoms with Crippen molar-refractivity contribution in [1.29, 1.82) is 0 Å². The minimum atomic E-state index is -1.08. The van der Waals surface area contributed by atoms with Crippen molar-refractivity contribution in [3.63, 3.8) is 0 Å². The Morgan fingerprint density at radius 1 is 1.48 bits per heavy atom. The van der Waals surface area contributed by atoms with Crippen molar-refractivity contribution in [2.45, 2.75) is 38.3 Å². The molecule has 0 spiro atoms. The molecule has 3 unspecified atom stereocenters. The molecule has 0 bridgehead atoms. The highest BCUT2D eigenvalue weighted by atomic mass is 19.1. The Hall–Kier alpha value is -1.66. The summed E-state index contributed by atoms with van der Waals surface area (Å²) in [5.74, 6) is -0.461. The minimum Gasteiger partial charge on any atom is -0.497 e. The van der Waals surface area contributed by atoms with Crippen molar-refractivity contribution >= 4 is 11.6 Å². The molecule has 0 aromatic heterocycles. The molecule has 5 nitrogen and oxygen atoms in total. The number of hydrogen-bond acceptors (Lipinski definition) is 4. The maximum Gasteiger partial charge on any atom is 0.245 e. The first-order valence-corrected chi connectivity index (χ1v) is 7.88. The van der Waals surface area contributed by atoms with Crippen LogP contribution in [0.3, 0.4) is 0 Å². The second-order valence-electron chi connectivity index (χ2n) is 6.93. The van der Waals surface area contributed by atoms with E-state index in [9.17, 15) is 9.18 Å². The minimum absolute atomic E-state index is 0.0258. The van der Waals surface area contributed by atoms with Gasteiger partial charge < -0.3 is 20.5 Å². The fraction of sp³-hybridized carbons (Fsp3) is 0.588. The molecule has 23 heavy (non-hydrogen) atoms. The average molecular weight is 322 g/mol. The molecule has 2 aliphatic rings. The van der Waals surface area contributed by atoms with Crippen LogP contribution in [0.4, 0.5) is 10.1 Å². The SMILES string of the molecule is COc1ccc(F)c(NC(=O)C2(N)C3CCCOC3C2(C)C)c1. The van der Waals surface area contributed by atoms with Crippen LogP contribution >= 0.6 is 0 Å². The standard InChI is InChI=1S/C17H23FN2O3/c1-16(2)14-11(5-4-8-23-14)17(16,19)15(21)20-13-9-10(22-3)6-7-12(13)18/h6-7,9,11,14H,4-5,8,19H2,1-3H3,(H,20,21). The first-order chi connectivity index (χ1) is 10.8. The van der Waals surface area contributed by atoms with Gasteiger partial charge in [-0.1, -0.05) is 13.8 Å². The molecule has 0 radical (unpaired) electrons. The summed E-state index contributed by atoms with van der Waals surface area (Å²) in [5, 5.41) is 2.64. The molecule has 6 heteroatoms. The zero-order valence-electron chi connectivity index (χ0n) is 13.7. The van der Waals surface area contributed by atoms with Crippen molar-refractivity contribution < 1.29 is 18.7 Å². The van der Waals surface area contributed by atoms with E-state index >= 15 is 0 Å². The van der Waals surface area contributed by atoms with Gasteiger partial charge in [0.25, 0.3) is 0 Å². The number of nitrogens with two attached hydrogens (primary N) is 1. The molecule has 3 atom stereocenters. The molecule has 1 aromatic carbocycles. The van der Waals surface area contributed by atoms with Crippen LogP contribution in [0.25, 0.3) is 0 Å². The lowest BCUT2D eigenvalue weighted by Gasteiger charge is -2.65. The summed E-state index contributed by atoms with van der Waals surface area (Å²) in [5.41, 5.74) is 5.00.